The minimum Gasteiger partial charge on any atom is -0.424 e. The molecule has 0 atom stereocenters. The maximum atomic E-state index is 13.3. The first-order valence-corrected chi connectivity index (χ1v) is 13.5. The van der Waals surface area contributed by atoms with Gasteiger partial charge in [0.15, 0.2) is 5.82 Å². The zero-order valence-corrected chi connectivity index (χ0v) is 20.6. The molecule has 6 aliphatic rings. The van der Waals surface area contributed by atoms with Crippen molar-refractivity contribution in [3.05, 3.63) is 23.9 Å². The van der Waals surface area contributed by atoms with Crippen molar-refractivity contribution in [1.29, 1.82) is 0 Å². The Balaban J connectivity index is 0.781. The summed E-state index contributed by atoms with van der Waals surface area (Å²) in [4.78, 5) is 21.3. The molecule has 2 aliphatic heterocycles. The van der Waals surface area contributed by atoms with Crippen LogP contribution in [0.2, 0.25) is 0 Å². The fraction of sp³-hybridized carbons (Fsp3) is 0.800. The van der Waals surface area contributed by atoms with Crippen molar-refractivity contribution in [2.75, 3.05) is 26.2 Å². The van der Waals surface area contributed by atoms with Gasteiger partial charge in [-0.25, -0.2) is 14.5 Å². The highest BCUT2D eigenvalue weighted by Gasteiger charge is 2.68. The Morgan fingerprint density at radius 1 is 1.00 bits per heavy atom. The Bertz CT molecular complexity index is 1240. The molecule has 2 aromatic rings. The van der Waals surface area contributed by atoms with E-state index in [4.69, 9.17) is 4.42 Å². The van der Waals surface area contributed by atoms with Gasteiger partial charge in [-0.3, -0.25) is 0 Å². The minimum absolute atomic E-state index is 0.0241. The first kappa shape index (κ1) is 22.3. The van der Waals surface area contributed by atoms with E-state index in [1.54, 1.807) is 0 Å². The van der Waals surface area contributed by atoms with Crippen LogP contribution in [0.3, 0.4) is 0 Å². The molecule has 2 saturated heterocycles. The van der Waals surface area contributed by atoms with E-state index in [2.05, 4.69) is 20.3 Å². The maximum absolute atomic E-state index is 13.3. The number of hydrogen-bond donors (Lipinski definition) is 0. The second-order valence-corrected chi connectivity index (χ2v) is 13.0. The molecule has 2 spiro atoms. The molecule has 4 saturated carbocycles. The zero-order chi connectivity index (χ0) is 25.2. The van der Waals surface area contributed by atoms with Crippen LogP contribution in [0, 0.1) is 16.7 Å². The molecule has 0 aromatic carbocycles. The average Bonchev–Trinajstić information content (AvgIpc) is 3.66. The van der Waals surface area contributed by atoms with Crippen LogP contribution in [0.15, 0.2) is 10.7 Å². The van der Waals surface area contributed by atoms with Gasteiger partial charge in [0, 0.05) is 49.3 Å². The zero-order valence-electron chi connectivity index (χ0n) is 20.6. The van der Waals surface area contributed by atoms with E-state index >= 15 is 0 Å². The molecule has 4 aliphatic carbocycles. The summed E-state index contributed by atoms with van der Waals surface area (Å²) in [6.45, 7) is 3.20. The van der Waals surface area contributed by atoms with E-state index in [0.29, 0.717) is 30.2 Å². The molecule has 2 amide bonds. The molecule has 6 fully saturated rings. The van der Waals surface area contributed by atoms with Crippen LogP contribution in [0.1, 0.15) is 80.9 Å². The first-order chi connectivity index (χ1) is 17.6. The number of halogens is 3. The number of carbonyl (C=O) groups excluding carboxylic acids is 1. The Kier molecular flexibility index (Phi) is 4.25. The van der Waals surface area contributed by atoms with Crippen LogP contribution < -0.4 is 0 Å². The standard InChI is InChI=1S/C25H30F3N7O2/c26-25(27,28)24(3-4-24)20-31-30-18(37-20)5-15-6-22(7-15)10-33(11-22)21(36)34-12-23(13-34)8-17(9-23)35-14-29-19(32-35)16-1-2-16/h14-17H,1-13H2. The molecule has 0 bridgehead atoms. The summed E-state index contributed by atoms with van der Waals surface area (Å²) in [6.07, 6.45) is 4.55. The number of hydrogen-bond acceptors (Lipinski definition) is 6. The number of carbonyl (C=O) groups is 1. The number of aromatic nitrogens is 5. The van der Waals surface area contributed by atoms with E-state index in [0.717, 1.165) is 57.7 Å². The van der Waals surface area contributed by atoms with Gasteiger partial charge in [0.25, 0.3) is 0 Å². The normalized spacial score (nSPS) is 27.5. The van der Waals surface area contributed by atoms with Crippen LogP contribution in [0.5, 0.6) is 0 Å². The molecule has 4 heterocycles. The molecule has 9 nitrogen and oxygen atoms in total. The van der Waals surface area contributed by atoms with Gasteiger partial charge in [0.2, 0.25) is 11.8 Å². The summed E-state index contributed by atoms with van der Waals surface area (Å²) in [7, 11) is 0. The van der Waals surface area contributed by atoms with Gasteiger partial charge in [0.05, 0.1) is 6.04 Å². The van der Waals surface area contributed by atoms with Crippen LogP contribution >= 0.6 is 0 Å². The summed E-state index contributed by atoms with van der Waals surface area (Å²) in [5.74, 6) is 1.91. The average molecular weight is 518 g/mol. The van der Waals surface area contributed by atoms with Gasteiger partial charge in [0.1, 0.15) is 11.7 Å². The van der Waals surface area contributed by atoms with Crippen LogP contribution in [0.25, 0.3) is 0 Å². The first-order valence-electron chi connectivity index (χ1n) is 13.5. The molecule has 2 aromatic heterocycles. The highest BCUT2D eigenvalue weighted by atomic mass is 19.4. The van der Waals surface area contributed by atoms with E-state index in [9.17, 15) is 18.0 Å². The van der Waals surface area contributed by atoms with Crippen molar-refractivity contribution in [2.24, 2.45) is 16.7 Å². The van der Waals surface area contributed by atoms with Gasteiger partial charge in [-0.1, -0.05) is 0 Å². The Morgan fingerprint density at radius 2 is 1.65 bits per heavy atom. The number of rotatable bonds is 5. The van der Waals surface area contributed by atoms with Crippen molar-refractivity contribution in [3.8, 4) is 0 Å². The topological polar surface area (TPSA) is 93.2 Å². The van der Waals surface area contributed by atoms with E-state index in [1.807, 2.05) is 20.8 Å². The van der Waals surface area contributed by atoms with Gasteiger partial charge in [-0.15, -0.1) is 10.2 Å². The van der Waals surface area contributed by atoms with E-state index in [1.165, 1.54) is 12.8 Å². The van der Waals surface area contributed by atoms with E-state index in [-0.39, 0.29) is 35.6 Å². The monoisotopic (exact) mass is 517 g/mol. The summed E-state index contributed by atoms with van der Waals surface area (Å²) in [6, 6.07) is 0.554. The number of alkyl halides is 3. The molecule has 198 valence electrons. The van der Waals surface area contributed by atoms with Crippen LogP contribution in [-0.4, -0.2) is 73.1 Å². The van der Waals surface area contributed by atoms with E-state index < -0.39 is 11.6 Å². The SMILES string of the molecule is O=C(N1CC2(CC(Cc3nnc(C4(C(F)(F)F)CC4)o3)C2)C1)N1CC2(CC(n3cnc(C4CC4)n3)C2)C1. The Hall–Kier alpha value is -2.66. The molecule has 0 unspecified atom stereocenters. The molecular weight excluding hydrogens is 487 g/mol. The summed E-state index contributed by atoms with van der Waals surface area (Å²) < 4.78 is 47.3. The Labute approximate surface area is 211 Å². The number of nitrogens with zero attached hydrogens (tertiary/aromatic N) is 7. The third kappa shape index (κ3) is 3.39. The highest BCUT2D eigenvalue weighted by Crippen LogP contribution is 2.59. The summed E-state index contributed by atoms with van der Waals surface area (Å²) in [5.41, 5.74) is -1.51. The fourth-order valence-electron chi connectivity index (χ4n) is 7.46. The summed E-state index contributed by atoms with van der Waals surface area (Å²) >= 11 is 0. The van der Waals surface area contributed by atoms with Crippen molar-refractivity contribution in [1.82, 2.24) is 34.8 Å². The van der Waals surface area contributed by atoms with Gasteiger partial charge < -0.3 is 14.2 Å². The quantitative estimate of drug-likeness (QED) is 0.598. The lowest BCUT2D eigenvalue weighted by molar-refractivity contribution is -0.165. The lowest BCUT2D eigenvalue weighted by Crippen LogP contribution is -2.71. The second-order valence-electron chi connectivity index (χ2n) is 13.0. The molecule has 0 N–H and O–H groups in total. The third-order valence-corrected chi connectivity index (χ3v) is 9.90. The van der Waals surface area contributed by atoms with Gasteiger partial charge in [-0.2, -0.15) is 18.3 Å². The largest absolute Gasteiger partial charge is 0.424 e. The fourth-order valence-corrected chi connectivity index (χ4v) is 7.46. The smallest absolute Gasteiger partial charge is 0.403 e. The summed E-state index contributed by atoms with van der Waals surface area (Å²) in [5, 5.41) is 12.3. The number of likely N-dealkylation sites (tertiary alicyclic amines) is 2. The molecular formula is C25H30F3N7O2. The minimum atomic E-state index is -4.34. The number of urea groups is 1. The predicted molar refractivity (Wildman–Crippen MR) is 121 cm³/mol. The van der Waals surface area contributed by atoms with Gasteiger partial charge >= 0.3 is 12.2 Å². The molecule has 0 radical (unpaired) electrons. The number of amides is 2. The highest BCUT2D eigenvalue weighted by molar-refractivity contribution is 5.77. The molecule has 12 heteroatoms. The predicted octanol–water partition coefficient (Wildman–Crippen LogP) is 3.84. The maximum Gasteiger partial charge on any atom is 0.403 e. The van der Waals surface area contributed by atoms with Crippen LogP contribution in [0.4, 0.5) is 18.0 Å². The third-order valence-electron chi connectivity index (χ3n) is 9.90. The van der Waals surface area contributed by atoms with Crippen molar-refractivity contribution < 1.29 is 22.4 Å². The lowest BCUT2D eigenvalue weighted by Gasteiger charge is -2.63. The van der Waals surface area contributed by atoms with Gasteiger partial charge in [-0.05, 0) is 57.3 Å². The van der Waals surface area contributed by atoms with Crippen molar-refractivity contribution >= 4 is 6.03 Å². The molecule has 37 heavy (non-hydrogen) atoms. The van der Waals surface area contributed by atoms with Crippen molar-refractivity contribution in [2.45, 2.75) is 81.3 Å². The van der Waals surface area contributed by atoms with Crippen molar-refractivity contribution in [3.63, 3.8) is 0 Å². The Morgan fingerprint density at radius 3 is 2.24 bits per heavy atom. The lowest BCUT2D eigenvalue weighted by atomic mass is 9.57. The van der Waals surface area contributed by atoms with Crippen LogP contribution in [-0.2, 0) is 11.8 Å². The molecule has 8 rings (SSSR count). The second kappa shape index (κ2) is 7.05.